The molecule has 1 heterocycles. The van der Waals surface area contributed by atoms with Gasteiger partial charge in [-0.15, -0.1) is 0 Å². The topological polar surface area (TPSA) is 38.5 Å². The number of hydrogen-bond acceptors (Lipinski definition) is 3. The number of ether oxygens (including phenoxy) is 1. The Morgan fingerprint density at radius 2 is 2.19 bits per heavy atom. The third-order valence-electron chi connectivity index (χ3n) is 2.81. The molecule has 0 spiro atoms. The summed E-state index contributed by atoms with van der Waals surface area (Å²) in [7, 11) is 2.09. The number of nitrogens with zero attached hydrogens (tertiary/aromatic N) is 1. The highest BCUT2D eigenvalue weighted by atomic mass is 79.9. The molecule has 88 valence electrons. The fourth-order valence-electron chi connectivity index (χ4n) is 1.79. The Kier molecular flexibility index (Phi) is 3.52. The summed E-state index contributed by atoms with van der Waals surface area (Å²) in [6, 6.07) is 6.09. The van der Waals surface area contributed by atoms with Crippen molar-refractivity contribution in [3.63, 3.8) is 0 Å². The molecule has 0 saturated carbocycles. The van der Waals surface area contributed by atoms with Crippen molar-refractivity contribution in [2.24, 2.45) is 5.73 Å². The lowest BCUT2D eigenvalue weighted by Gasteiger charge is -2.36. The molecule has 1 aliphatic heterocycles. The van der Waals surface area contributed by atoms with Gasteiger partial charge < -0.3 is 10.5 Å². The summed E-state index contributed by atoms with van der Waals surface area (Å²) in [5.41, 5.74) is 6.94. The van der Waals surface area contributed by atoms with E-state index in [-0.39, 0.29) is 6.04 Å². The van der Waals surface area contributed by atoms with Crippen molar-refractivity contribution in [1.82, 2.24) is 4.90 Å². The zero-order valence-corrected chi connectivity index (χ0v) is 11.2. The summed E-state index contributed by atoms with van der Waals surface area (Å²) in [4.78, 5) is 2.23. The molecule has 0 amide bonds. The van der Waals surface area contributed by atoms with E-state index < -0.39 is 0 Å². The average Bonchev–Trinajstić information content (AvgIpc) is 2.18. The molecule has 2 N–H and O–H groups in total. The van der Waals surface area contributed by atoms with Crippen LogP contribution in [0.1, 0.15) is 18.5 Å². The molecule has 1 aromatic carbocycles. The van der Waals surface area contributed by atoms with Gasteiger partial charge in [0.15, 0.2) is 0 Å². The fourth-order valence-corrected chi connectivity index (χ4v) is 2.28. The first-order chi connectivity index (χ1) is 7.56. The Morgan fingerprint density at radius 1 is 1.50 bits per heavy atom. The van der Waals surface area contributed by atoms with Crippen LogP contribution in [0.25, 0.3) is 0 Å². The number of likely N-dealkylation sites (tertiary alicyclic amines) is 1. The molecular formula is C12H17BrN2O. The maximum atomic E-state index is 5.86. The van der Waals surface area contributed by atoms with Crippen molar-refractivity contribution in [3.8, 4) is 5.75 Å². The number of hydrogen-bond donors (Lipinski definition) is 1. The summed E-state index contributed by atoms with van der Waals surface area (Å²) in [6.07, 6.45) is 0.322. The predicted molar refractivity (Wildman–Crippen MR) is 68.7 cm³/mol. The Morgan fingerprint density at radius 3 is 2.69 bits per heavy atom. The van der Waals surface area contributed by atoms with Crippen LogP contribution < -0.4 is 10.5 Å². The molecule has 0 aliphatic carbocycles. The Balaban J connectivity index is 2.05. The fraction of sp³-hybridized carbons (Fsp3) is 0.500. The van der Waals surface area contributed by atoms with Crippen molar-refractivity contribution in [3.05, 3.63) is 28.2 Å². The Labute approximate surface area is 105 Å². The lowest BCUT2D eigenvalue weighted by atomic mass is 10.1. The third kappa shape index (κ3) is 2.56. The second-order valence-corrected chi connectivity index (χ2v) is 5.29. The van der Waals surface area contributed by atoms with E-state index in [1.807, 2.05) is 25.1 Å². The van der Waals surface area contributed by atoms with Gasteiger partial charge in [0.1, 0.15) is 11.9 Å². The van der Waals surface area contributed by atoms with E-state index in [0.717, 1.165) is 28.9 Å². The number of nitrogens with two attached hydrogens (primary N) is 1. The molecule has 1 aromatic rings. The zero-order chi connectivity index (χ0) is 11.7. The zero-order valence-electron chi connectivity index (χ0n) is 9.61. The first-order valence-corrected chi connectivity index (χ1v) is 6.26. The molecule has 2 rings (SSSR count). The first kappa shape index (κ1) is 11.9. The van der Waals surface area contributed by atoms with E-state index in [0.29, 0.717) is 6.10 Å². The number of likely N-dealkylation sites (N-methyl/N-ethyl adjacent to an activating group) is 1. The second kappa shape index (κ2) is 4.73. The van der Waals surface area contributed by atoms with Gasteiger partial charge in [-0.1, -0.05) is 6.07 Å². The van der Waals surface area contributed by atoms with Crippen LogP contribution in [0, 0.1) is 0 Å². The molecule has 1 fully saturated rings. The molecule has 1 unspecified atom stereocenters. The number of halogens is 1. The highest BCUT2D eigenvalue weighted by Gasteiger charge is 2.25. The first-order valence-electron chi connectivity index (χ1n) is 5.46. The smallest absolute Gasteiger partial charge is 0.134 e. The number of rotatable bonds is 3. The van der Waals surface area contributed by atoms with Gasteiger partial charge in [-0.25, -0.2) is 0 Å². The van der Waals surface area contributed by atoms with Crippen LogP contribution in [0.5, 0.6) is 5.75 Å². The second-order valence-electron chi connectivity index (χ2n) is 4.44. The average molecular weight is 285 g/mol. The quantitative estimate of drug-likeness (QED) is 0.925. The summed E-state index contributed by atoms with van der Waals surface area (Å²) in [6.45, 7) is 3.98. The van der Waals surface area contributed by atoms with Gasteiger partial charge in [0.05, 0.1) is 4.47 Å². The normalized spacial score (nSPS) is 19.2. The van der Waals surface area contributed by atoms with Gasteiger partial charge in [-0.05, 0) is 47.6 Å². The standard InChI is InChI=1S/C12H17BrN2O/c1-8(14)9-3-4-12(11(13)5-9)16-10-6-15(2)7-10/h3-5,8,10H,6-7,14H2,1-2H3. The van der Waals surface area contributed by atoms with Gasteiger partial charge in [0.25, 0.3) is 0 Å². The Hall–Kier alpha value is -0.580. The van der Waals surface area contributed by atoms with Gasteiger partial charge in [-0.3, -0.25) is 4.90 Å². The lowest BCUT2D eigenvalue weighted by molar-refractivity contribution is 0.0383. The predicted octanol–water partition coefficient (Wildman–Crippen LogP) is 2.16. The van der Waals surface area contributed by atoms with Crippen molar-refractivity contribution in [2.75, 3.05) is 20.1 Å². The molecule has 1 saturated heterocycles. The monoisotopic (exact) mass is 284 g/mol. The molecule has 16 heavy (non-hydrogen) atoms. The minimum atomic E-state index is 0.0557. The van der Waals surface area contributed by atoms with E-state index in [9.17, 15) is 0 Å². The highest BCUT2D eigenvalue weighted by Crippen LogP contribution is 2.29. The van der Waals surface area contributed by atoms with Crippen LogP contribution in [-0.2, 0) is 0 Å². The largest absolute Gasteiger partial charge is 0.487 e. The van der Waals surface area contributed by atoms with Crippen LogP contribution >= 0.6 is 15.9 Å². The molecular weight excluding hydrogens is 268 g/mol. The van der Waals surface area contributed by atoms with Crippen LogP contribution in [0.2, 0.25) is 0 Å². The van der Waals surface area contributed by atoms with E-state index in [1.54, 1.807) is 0 Å². The maximum absolute atomic E-state index is 5.86. The van der Waals surface area contributed by atoms with Crippen LogP contribution in [0.3, 0.4) is 0 Å². The van der Waals surface area contributed by atoms with E-state index in [4.69, 9.17) is 10.5 Å². The van der Waals surface area contributed by atoms with E-state index in [2.05, 4.69) is 27.9 Å². The molecule has 0 bridgehead atoms. The van der Waals surface area contributed by atoms with Gasteiger partial charge >= 0.3 is 0 Å². The molecule has 4 heteroatoms. The molecule has 3 nitrogen and oxygen atoms in total. The molecule has 1 aliphatic rings. The van der Waals surface area contributed by atoms with E-state index >= 15 is 0 Å². The van der Waals surface area contributed by atoms with Crippen molar-refractivity contribution < 1.29 is 4.74 Å². The van der Waals surface area contributed by atoms with Crippen LogP contribution in [-0.4, -0.2) is 31.1 Å². The minimum absolute atomic E-state index is 0.0557. The van der Waals surface area contributed by atoms with Gasteiger partial charge in [-0.2, -0.15) is 0 Å². The van der Waals surface area contributed by atoms with Gasteiger partial charge in [0, 0.05) is 19.1 Å². The lowest BCUT2D eigenvalue weighted by Crippen LogP contribution is -2.51. The van der Waals surface area contributed by atoms with Crippen molar-refractivity contribution in [1.29, 1.82) is 0 Å². The van der Waals surface area contributed by atoms with E-state index in [1.165, 1.54) is 0 Å². The summed E-state index contributed by atoms with van der Waals surface area (Å²) in [5, 5.41) is 0. The maximum Gasteiger partial charge on any atom is 0.134 e. The van der Waals surface area contributed by atoms with Crippen LogP contribution in [0.15, 0.2) is 22.7 Å². The van der Waals surface area contributed by atoms with Crippen molar-refractivity contribution in [2.45, 2.75) is 19.1 Å². The minimum Gasteiger partial charge on any atom is -0.487 e. The van der Waals surface area contributed by atoms with Crippen LogP contribution in [0.4, 0.5) is 0 Å². The molecule has 0 aromatic heterocycles. The highest BCUT2D eigenvalue weighted by molar-refractivity contribution is 9.10. The Bertz CT molecular complexity index is 375. The van der Waals surface area contributed by atoms with Crippen molar-refractivity contribution >= 4 is 15.9 Å². The summed E-state index contributed by atoms with van der Waals surface area (Å²) < 4.78 is 6.84. The third-order valence-corrected chi connectivity index (χ3v) is 3.43. The summed E-state index contributed by atoms with van der Waals surface area (Å²) in [5.74, 6) is 0.905. The SMILES string of the molecule is CC(N)c1ccc(OC2CN(C)C2)c(Br)c1. The molecule has 0 radical (unpaired) electrons. The van der Waals surface area contributed by atoms with Gasteiger partial charge in [0.2, 0.25) is 0 Å². The summed E-state index contributed by atoms with van der Waals surface area (Å²) >= 11 is 3.52. The number of benzene rings is 1. The molecule has 1 atom stereocenters.